The molecule has 1 aromatic carbocycles. The van der Waals surface area contributed by atoms with Crippen molar-refractivity contribution in [3.63, 3.8) is 0 Å². The van der Waals surface area contributed by atoms with Crippen molar-refractivity contribution in [3.05, 3.63) is 34.6 Å². The maximum Gasteiger partial charge on any atom is 0.145 e. The van der Waals surface area contributed by atoms with Crippen LogP contribution in [0.15, 0.2) is 18.2 Å². The molecule has 0 saturated carbocycles. The van der Waals surface area contributed by atoms with Crippen LogP contribution in [0.3, 0.4) is 0 Å². The largest absolute Gasteiger partial charge is 0.380 e. The predicted molar refractivity (Wildman–Crippen MR) is 64.2 cm³/mol. The molecule has 0 saturated heterocycles. The van der Waals surface area contributed by atoms with Gasteiger partial charge in [-0.25, -0.2) is 4.39 Å². The van der Waals surface area contributed by atoms with E-state index in [-0.39, 0.29) is 16.9 Å². The molecule has 0 bridgehead atoms. The third-order valence-corrected chi connectivity index (χ3v) is 2.49. The van der Waals surface area contributed by atoms with Crippen molar-refractivity contribution in [1.82, 2.24) is 0 Å². The Balaban J connectivity index is 2.49. The third-order valence-electron chi connectivity index (χ3n) is 2.19. The summed E-state index contributed by atoms with van der Waals surface area (Å²) in [6.45, 7) is 3.16. The molecule has 1 rings (SSSR count). The Morgan fingerprint density at radius 2 is 2.25 bits per heavy atom. The van der Waals surface area contributed by atoms with Crippen LogP contribution in [0.1, 0.15) is 18.9 Å². The summed E-state index contributed by atoms with van der Waals surface area (Å²) < 4.78 is 18.8. The van der Waals surface area contributed by atoms with Crippen LogP contribution in [0.2, 0.25) is 5.02 Å². The lowest BCUT2D eigenvalue weighted by atomic mass is 10.1. The Bertz CT molecular complexity index is 333. The molecule has 90 valence electrons. The fourth-order valence-corrected chi connectivity index (χ4v) is 1.62. The molecular formula is C12H17ClFNO. The Labute approximate surface area is 101 Å². The van der Waals surface area contributed by atoms with Gasteiger partial charge in [0.15, 0.2) is 0 Å². The van der Waals surface area contributed by atoms with Crippen LogP contribution < -0.4 is 5.73 Å². The van der Waals surface area contributed by atoms with E-state index in [4.69, 9.17) is 22.1 Å². The summed E-state index contributed by atoms with van der Waals surface area (Å²) in [5.41, 5.74) is 6.37. The van der Waals surface area contributed by atoms with Gasteiger partial charge >= 0.3 is 0 Å². The average Bonchev–Trinajstić information content (AvgIpc) is 2.25. The number of halogens is 2. The first-order valence-electron chi connectivity index (χ1n) is 5.41. The van der Waals surface area contributed by atoms with Gasteiger partial charge in [-0.05, 0) is 24.5 Å². The maximum absolute atomic E-state index is 13.5. The maximum atomic E-state index is 13.5. The van der Waals surface area contributed by atoms with E-state index in [1.807, 2.05) is 6.92 Å². The van der Waals surface area contributed by atoms with Gasteiger partial charge in [-0.15, -0.1) is 0 Å². The van der Waals surface area contributed by atoms with Gasteiger partial charge in [0.05, 0.1) is 11.6 Å². The lowest BCUT2D eigenvalue weighted by molar-refractivity contribution is 0.121. The Morgan fingerprint density at radius 3 is 2.94 bits per heavy atom. The highest BCUT2D eigenvalue weighted by Gasteiger charge is 2.10. The van der Waals surface area contributed by atoms with E-state index in [2.05, 4.69) is 0 Å². The second-order valence-corrected chi connectivity index (χ2v) is 4.16. The highest BCUT2D eigenvalue weighted by molar-refractivity contribution is 6.30. The van der Waals surface area contributed by atoms with Crippen molar-refractivity contribution in [3.8, 4) is 0 Å². The smallest absolute Gasteiger partial charge is 0.145 e. The van der Waals surface area contributed by atoms with Crippen molar-refractivity contribution >= 4 is 11.6 Å². The van der Waals surface area contributed by atoms with E-state index in [1.165, 1.54) is 6.07 Å². The van der Waals surface area contributed by atoms with Crippen LogP contribution in [0.25, 0.3) is 0 Å². The molecule has 0 heterocycles. The zero-order chi connectivity index (χ0) is 12.0. The Kier molecular flexibility index (Phi) is 5.74. The molecule has 1 atom stereocenters. The fraction of sp³-hybridized carbons (Fsp3) is 0.500. The highest BCUT2D eigenvalue weighted by Crippen LogP contribution is 2.18. The minimum absolute atomic E-state index is 0.138. The standard InChI is InChI=1S/C12H17ClFNO/c1-2-6-16-8-10(15)7-9-4-3-5-11(13)12(9)14/h3-5,10H,2,6-8,15H2,1H3. The topological polar surface area (TPSA) is 35.2 Å². The molecule has 0 aliphatic heterocycles. The first-order chi connectivity index (χ1) is 7.65. The normalized spacial score (nSPS) is 12.8. The number of rotatable bonds is 6. The summed E-state index contributed by atoms with van der Waals surface area (Å²) >= 11 is 5.68. The van der Waals surface area contributed by atoms with Crippen molar-refractivity contribution in [2.45, 2.75) is 25.8 Å². The molecule has 0 aromatic heterocycles. The number of nitrogens with two attached hydrogens (primary N) is 1. The zero-order valence-corrected chi connectivity index (χ0v) is 10.1. The van der Waals surface area contributed by atoms with Crippen LogP contribution in [0, 0.1) is 5.82 Å². The van der Waals surface area contributed by atoms with Crippen molar-refractivity contribution in [1.29, 1.82) is 0 Å². The molecule has 1 unspecified atom stereocenters. The average molecular weight is 246 g/mol. The molecule has 2 N–H and O–H groups in total. The Hall–Kier alpha value is -0.640. The van der Waals surface area contributed by atoms with Crippen molar-refractivity contribution in [2.75, 3.05) is 13.2 Å². The molecular weight excluding hydrogens is 229 g/mol. The fourth-order valence-electron chi connectivity index (χ4n) is 1.43. The van der Waals surface area contributed by atoms with Gasteiger partial charge in [0, 0.05) is 12.6 Å². The molecule has 16 heavy (non-hydrogen) atoms. The lowest BCUT2D eigenvalue weighted by Crippen LogP contribution is -2.29. The van der Waals surface area contributed by atoms with E-state index in [0.717, 1.165) is 6.42 Å². The van der Waals surface area contributed by atoms with Gasteiger partial charge in [0.25, 0.3) is 0 Å². The number of hydrogen-bond donors (Lipinski definition) is 1. The van der Waals surface area contributed by atoms with E-state index in [0.29, 0.717) is 25.2 Å². The first kappa shape index (κ1) is 13.4. The van der Waals surface area contributed by atoms with Crippen molar-refractivity contribution < 1.29 is 9.13 Å². The molecule has 0 radical (unpaired) electrons. The minimum atomic E-state index is -0.380. The number of hydrogen-bond acceptors (Lipinski definition) is 2. The summed E-state index contributed by atoms with van der Waals surface area (Å²) in [7, 11) is 0. The molecule has 2 nitrogen and oxygen atoms in total. The van der Waals surface area contributed by atoms with E-state index >= 15 is 0 Å². The van der Waals surface area contributed by atoms with Crippen molar-refractivity contribution in [2.24, 2.45) is 5.73 Å². The summed E-state index contributed by atoms with van der Waals surface area (Å²) in [6.07, 6.45) is 1.40. The molecule has 0 spiro atoms. The summed E-state index contributed by atoms with van der Waals surface area (Å²) in [5.74, 6) is -0.380. The van der Waals surface area contributed by atoms with Gasteiger partial charge < -0.3 is 10.5 Å². The first-order valence-corrected chi connectivity index (χ1v) is 5.79. The van der Waals surface area contributed by atoms with E-state index < -0.39 is 0 Å². The van der Waals surface area contributed by atoms with Crippen LogP contribution in [0.4, 0.5) is 4.39 Å². The molecule has 0 aliphatic rings. The Morgan fingerprint density at radius 1 is 1.50 bits per heavy atom. The molecule has 0 fully saturated rings. The van der Waals surface area contributed by atoms with Gasteiger partial charge in [-0.2, -0.15) is 0 Å². The predicted octanol–water partition coefficient (Wildman–Crippen LogP) is 2.78. The van der Waals surface area contributed by atoms with Crippen LogP contribution in [0.5, 0.6) is 0 Å². The monoisotopic (exact) mass is 245 g/mol. The molecule has 4 heteroatoms. The highest BCUT2D eigenvalue weighted by atomic mass is 35.5. The molecule has 0 amide bonds. The third kappa shape index (κ3) is 4.08. The quantitative estimate of drug-likeness (QED) is 0.783. The summed E-state index contributed by atoms with van der Waals surface area (Å²) in [4.78, 5) is 0. The van der Waals surface area contributed by atoms with Crippen LogP contribution in [-0.2, 0) is 11.2 Å². The second kappa shape index (κ2) is 6.84. The number of benzene rings is 1. The number of ether oxygens (including phenoxy) is 1. The summed E-state index contributed by atoms with van der Waals surface area (Å²) in [6, 6.07) is 4.75. The van der Waals surface area contributed by atoms with Crippen LogP contribution >= 0.6 is 11.6 Å². The lowest BCUT2D eigenvalue weighted by Gasteiger charge is -2.12. The van der Waals surface area contributed by atoms with Gasteiger partial charge in [-0.3, -0.25) is 0 Å². The molecule has 1 aromatic rings. The van der Waals surface area contributed by atoms with Gasteiger partial charge in [-0.1, -0.05) is 30.7 Å². The van der Waals surface area contributed by atoms with Gasteiger partial charge in [0.2, 0.25) is 0 Å². The molecule has 0 aliphatic carbocycles. The second-order valence-electron chi connectivity index (χ2n) is 3.75. The van der Waals surface area contributed by atoms with E-state index in [9.17, 15) is 4.39 Å². The van der Waals surface area contributed by atoms with Crippen LogP contribution in [-0.4, -0.2) is 19.3 Å². The summed E-state index contributed by atoms with van der Waals surface area (Å²) in [5, 5.41) is 0.138. The van der Waals surface area contributed by atoms with Gasteiger partial charge in [0.1, 0.15) is 5.82 Å². The zero-order valence-electron chi connectivity index (χ0n) is 9.38. The minimum Gasteiger partial charge on any atom is -0.380 e. The van der Waals surface area contributed by atoms with E-state index in [1.54, 1.807) is 12.1 Å². The SMILES string of the molecule is CCCOCC(N)Cc1cccc(Cl)c1F.